The van der Waals surface area contributed by atoms with Gasteiger partial charge in [0.2, 0.25) is 0 Å². The normalized spacial score (nSPS) is 18.4. The van der Waals surface area contributed by atoms with Crippen molar-refractivity contribution in [2.45, 2.75) is 38.5 Å². The molecule has 2 aromatic heterocycles. The quantitative estimate of drug-likeness (QED) is 0.377. The maximum absolute atomic E-state index is 13.8. The number of H-pyrrole nitrogens is 1. The van der Waals surface area contributed by atoms with Gasteiger partial charge in [-0.25, -0.2) is 4.39 Å². The molecule has 4 nitrogen and oxygen atoms in total. The first-order valence-electron chi connectivity index (χ1n) is 11.6. The van der Waals surface area contributed by atoms with E-state index in [0.29, 0.717) is 23.9 Å². The lowest BCUT2D eigenvalue weighted by molar-refractivity contribution is 0.0943. The lowest BCUT2D eigenvalue weighted by atomic mass is 9.78. The standard InChI is InChI=1S/C28H28FN3O/c1-18-3-2-4-21(13-18)25-16-30-17-26(25)28(33)32-15-19-5-7-20(8-6-19)23-11-12-31-27-10-9-22(29)14-24(23)27/h2-4,9-14,16-17,19-20,30H,5-8,15H2,1H3,(H,32,33). The van der Waals surface area contributed by atoms with Crippen molar-refractivity contribution in [3.05, 3.63) is 89.6 Å². The zero-order valence-corrected chi connectivity index (χ0v) is 18.8. The van der Waals surface area contributed by atoms with Gasteiger partial charge < -0.3 is 10.3 Å². The predicted octanol–water partition coefficient (Wildman–Crippen LogP) is 6.38. The number of hydrogen-bond acceptors (Lipinski definition) is 2. The molecule has 1 fully saturated rings. The Kier molecular flexibility index (Phi) is 5.95. The fraction of sp³-hybridized carbons (Fsp3) is 0.286. The van der Waals surface area contributed by atoms with E-state index in [1.165, 1.54) is 17.2 Å². The number of carbonyl (C=O) groups excluding carboxylic acids is 1. The molecule has 0 bridgehead atoms. The molecule has 0 saturated heterocycles. The molecule has 0 aliphatic heterocycles. The van der Waals surface area contributed by atoms with Crippen LogP contribution in [0.3, 0.4) is 0 Å². The van der Waals surface area contributed by atoms with Gasteiger partial charge in [-0.05, 0) is 79.8 Å². The minimum Gasteiger partial charge on any atom is -0.366 e. The molecule has 0 atom stereocenters. The third kappa shape index (κ3) is 4.54. The summed E-state index contributed by atoms with van der Waals surface area (Å²) in [5, 5.41) is 4.07. The number of aryl methyl sites for hydroxylation is 1. The minimum absolute atomic E-state index is 0.0366. The number of carbonyl (C=O) groups is 1. The van der Waals surface area contributed by atoms with E-state index in [4.69, 9.17) is 0 Å². The van der Waals surface area contributed by atoms with E-state index in [1.807, 2.05) is 30.6 Å². The second-order valence-corrected chi connectivity index (χ2v) is 9.14. The molecule has 0 radical (unpaired) electrons. The highest BCUT2D eigenvalue weighted by Crippen LogP contribution is 2.38. The zero-order chi connectivity index (χ0) is 22.8. The van der Waals surface area contributed by atoms with Gasteiger partial charge in [-0.2, -0.15) is 0 Å². The molecule has 1 aliphatic carbocycles. The Balaban J connectivity index is 1.21. The monoisotopic (exact) mass is 441 g/mol. The molecule has 1 aliphatic rings. The van der Waals surface area contributed by atoms with Crippen LogP contribution in [0.25, 0.3) is 22.0 Å². The highest BCUT2D eigenvalue weighted by Gasteiger charge is 2.25. The van der Waals surface area contributed by atoms with Crippen LogP contribution >= 0.6 is 0 Å². The average molecular weight is 442 g/mol. The number of hydrogen-bond donors (Lipinski definition) is 2. The van der Waals surface area contributed by atoms with Crippen molar-refractivity contribution >= 4 is 16.8 Å². The summed E-state index contributed by atoms with van der Waals surface area (Å²) in [6, 6.07) is 15.0. The fourth-order valence-electron chi connectivity index (χ4n) is 5.11. The van der Waals surface area contributed by atoms with Crippen molar-refractivity contribution in [1.82, 2.24) is 15.3 Å². The number of aromatic amines is 1. The van der Waals surface area contributed by atoms with E-state index in [-0.39, 0.29) is 11.7 Å². The molecule has 1 amide bonds. The van der Waals surface area contributed by atoms with Gasteiger partial charge in [0.25, 0.3) is 5.91 Å². The van der Waals surface area contributed by atoms with Gasteiger partial charge in [0, 0.05) is 36.1 Å². The van der Waals surface area contributed by atoms with Crippen molar-refractivity contribution in [3.8, 4) is 11.1 Å². The number of rotatable bonds is 5. The first kappa shape index (κ1) is 21.4. The Hall–Kier alpha value is -3.47. The molecule has 0 unspecified atom stereocenters. The highest BCUT2D eigenvalue weighted by molar-refractivity contribution is 6.00. The van der Waals surface area contributed by atoms with Crippen molar-refractivity contribution in [2.75, 3.05) is 6.54 Å². The summed E-state index contributed by atoms with van der Waals surface area (Å²) < 4.78 is 13.8. The molecule has 2 N–H and O–H groups in total. The largest absolute Gasteiger partial charge is 0.366 e. The lowest BCUT2D eigenvalue weighted by Crippen LogP contribution is -2.31. The SMILES string of the molecule is Cc1cccc(-c2c[nH]cc2C(=O)NCC2CCC(c3ccnc4ccc(F)cc34)CC2)c1. The van der Waals surface area contributed by atoms with Crippen molar-refractivity contribution < 1.29 is 9.18 Å². The summed E-state index contributed by atoms with van der Waals surface area (Å²) in [5.74, 6) is 0.603. The molecule has 2 heterocycles. The Morgan fingerprint density at radius 1 is 1.09 bits per heavy atom. The molecule has 5 rings (SSSR count). The number of nitrogens with one attached hydrogen (secondary N) is 2. The molecular formula is C28H28FN3O. The lowest BCUT2D eigenvalue weighted by Gasteiger charge is -2.29. The van der Waals surface area contributed by atoms with Crippen LogP contribution in [0.15, 0.2) is 67.1 Å². The van der Waals surface area contributed by atoms with Crippen LogP contribution in [0.2, 0.25) is 0 Å². The van der Waals surface area contributed by atoms with E-state index in [2.05, 4.69) is 34.3 Å². The summed E-state index contributed by atoms with van der Waals surface area (Å²) in [6.45, 7) is 2.73. The second kappa shape index (κ2) is 9.18. The number of halogens is 1. The fourth-order valence-corrected chi connectivity index (χ4v) is 5.11. The van der Waals surface area contributed by atoms with Gasteiger partial charge >= 0.3 is 0 Å². The number of nitrogens with zero attached hydrogens (tertiary/aromatic N) is 1. The number of benzene rings is 2. The molecule has 2 aromatic carbocycles. The topological polar surface area (TPSA) is 57.8 Å². The molecule has 33 heavy (non-hydrogen) atoms. The van der Waals surface area contributed by atoms with Gasteiger partial charge in [-0.3, -0.25) is 9.78 Å². The van der Waals surface area contributed by atoms with E-state index >= 15 is 0 Å². The van der Waals surface area contributed by atoms with Gasteiger partial charge in [0.05, 0.1) is 11.1 Å². The molecule has 4 aromatic rings. The van der Waals surface area contributed by atoms with Crippen LogP contribution < -0.4 is 5.32 Å². The second-order valence-electron chi connectivity index (χ2n) is 9.14. The van der Waals surface area contributed by atoms with Crippen LogP contribution in [-0.4, -0.2) is 22.4 Å². The van der Waals surface area contributed by atoms with E-state index in [1.54, 1.807) is 18.3 Å². The van der Waals surface area contributed by atoms with Crippen molar-refractivity contribution in [2.24, 2.45) is 5.92 Å². The Labute approximate surface area is 193 Å². The molecule has 0 spiro atoms. The Morgan fingerprint density at radius 3 is 2.76 bits per heavy atom. The van der Waals surface area contributed by atoms with Crippen LogP contribution in [0, 0.1) is 18.7 Å². The summed E-state index contributed by atoms with van der Waals surface area (Å²) in [5.41, 5.74) is 5.86. The van der Waals surface area contributed by atoms with E-state index in [9.17, 15) is 9.18 Å². The van der Waals surface area contributed by atoms with Gasteiger partial charge in [-0.15, -0.1) is 0 Å². The first-order valence-corrected chi connectivity index (χ1v) is 11.6. The van der Waals surface area contributed by atoms with E-state index in [0.717, 1.165) is 47.7 Å². The smallest absolute Gasteiger partial charge is 0.253 e. The summed E-state index contributed by atoms with van der Waals surface area (Å²) >= 11 is 0. The molecular weight excluding hydrogens is 413 g/mol. The van der Waals surface area contributed by atoms with E-state index < -0.39 is 0 Å². The summed E-state index contributed by atoms with van der Waals surface area (Å²) in [4.78, 5) is 20.4. The number of amides is 1. The van der Waals surface area contributed by atoms with Gasteiger partial charge in [0.1, 0.15) is 5.82 Å². The maximum Gasteiger partial charge on any atom is 0.253 e. The maximum atomic E-state index is 13.8. The molecule has 1 saturated carbocycles. The average Bonchev–Trinajstić information content (AvgIpc) is 3.33. The number of pyridine rings is 1. The van der Waals surface area contributed by atoms with Crippen LogP contribution in [-0.2, 0) is 0 Å². The molecule has 5 heteroatoms. The Bertz CT molecular complexity index is 1290. The predicted molar refractivity (Wildman–Crippen MR) is 130 cm³/mol. The highest BCUT2D eigenvalue weighted by atomic mass is 19.1. The minimum atomic E-state index is -0.220. The molecule has 168 valence electrons. The summed E-state index contributed by atoms with van der Waals surface area (Å²) in [6.07, 6.45) is 9.65. The third-order valence-corrected chi connectivity index (χ3v) is 6.89. The van der Waals surface area contributed by atoms with Crippen LogP contribution in [0.4, 0.5) is 4.39 Å². The zero-order valence-electron chi connectivity index (χ0n) is 18.8. The summed E-state index contributed by atoms with van der Waals surface area (Å²) in [7, 11) is 0. The van der Waals surface area contributed by atoms with Crippen LogP contribution in [0.1, 0.15) is 53.1 Å². The van der Waals surface area contributed by atoms with Crippen molar-refractivity contribution in [3.63, 3.8) is 0 Å². The van der Waals surface area contributed by atoms with Gasteiger partial charge in [0.15, 0.2) is 0 Å². The third-order valence-electron chi connectivity index (χ3n) is 6.89. The Morgan fingerprint density at radius 2 is 1.94 bits per heavy atom. The number of fused-ring (bicyclic) bond motifs is 1. The van der Waals surface area contributed by atoms with Crippen LogP contribution in [0.5, 0.6) is 0 Å². The first-order chi connectivity index (χ1) is 16.1. The number of aromatic nitrogens is 2. The van der Waals surface area contributed by atoms with Gasteiger partial charge in [-0.1, -0.05) is 29.8 Å². The van der Waals surface area contributed by atoms with Crippen molar-refractivity contribution in [1.29, 1.82) is 0 Å².